The number of nitrogens with zero attached hydrogens (tertiary/aromatic N) is 1. The van der Waals surface area contributed by atoms with Gasteiger partial charge in [0.15, 0.2) is 0 Å². The van der Waals surface area contributed by atoms with E-state index in [4.69, 9.17) is 5.11 Å². The largest absolute Gasteiger partial charge is 0.481 e. The Kier molecular flexibility index (Phi) is 2.31. The molecule has 1 heterocycles. The summed E-state index contributed by atoms with van der Waals surface area (Å²) in [6, 6.07) is 0. The van der Waals surface area contributed by atoms with Gasteiger partial charge in [-0.3, -0.25) is 9.59 Å². The number of Topliss-reactive ketones (excluding diaryl/α,β-unsaturated/α-hetero) is 1. The number of carboxylic acids is 1. The first kappa shape index (κ1) is 9.65. The molecular formula is C10H15NO3. The molecule has 2 aliphatic rings. The lowest BCUT2D eigenvalue weighted by Gasteiger charge is -2.08. The molecule has 1 N–H and O–H groups in total. The molecule has 4 nitrogen and oxygen atoms in total. The van der Waals surface area contributed by atoms with Crippen molar-refractivity contribution < 1.29 is 14.7 Å². The Balaban J connectivity index is 1.88. The van der Waals surface area contributed by atoms with E-state index in [1.807, 2.05) is 7.05 Å². The average Bonchev–Trinajstić information content (AvgIpc) is 2.82. The second-order valence-corrected chi connectivity index (χ2v) is 4.44. The third-order valence-corrected chi connectivity index (χ3v) is 3.27. The first-order valence-electron chi connectivity index (χ1n) is 5.04. The summed E-state index contributed by atoms with van der Waals surface area (Å²) in [6.45, 7) is 1.77. The zero-order valence-corrected chi connectivity index (χ0v) is 8.27. The minimum absolute atomic E-state index is 0.0920. The highest BCUT2D eigenvalue weighted by atomic mass is 16.4. The standard InChI is InChI=1S/C10H15NO3/c1-11-3-2-6(5-11)9(12)7-4-8(7)10(13)14/h6-8H,2-5H2,1H3,(H,13,14). The summed E-state index contributed by atoms with van der Waals surface area (Å²) in [7, 11) is 1.99. The molecule has 14 heavy (non-hydrogen) atoms. The quantitative estimate of drug-likeness (QED) is 0.703. The van der Waals surface area contributed by atoms with E-state index < -0.39 is 5.97 Å². The first-order valence-corrected chi connectivity index (χ1v) is 5.04. The molecule has 0 aromatic rings. The number of carboxylic acid groups (broad SMARTS) is 1. The summed E-state index contributed by atoms with van der Waals surface area (Å²) in [5.74, 6) is -1.09. The third kappa shape index (κ3) is 1.66. The SMILES string of the molecule is CN1CCC(C(=O)C2CC2C(=O)O)C1. The normalized spacial score (nSPS) is 37.1. The lowest BCUT2D eigenvalue weighted by Crippen LogP contribution is -2.22. The summed E-state index contributed by atoms with van der Waals surface area (Å²) in [4.78, 5) is 24.5. The van der Waals surface area contributed by atoms with Crippen molar-refractivity contribution in [2.24, 2.45) is 17.8 Å². The molecule has 0 radical (unpaired) electrons. The van der Waals surface area contributed by atoms with Gasteiger partial charge in [-0.1, -0.05) is 0 Å². The Labute approximate surface area is 82.9 Å². The van der Waals surface area contributed by atoms with Gasteiger partial charge in [-0.15, -0.1) is 0 Å². The van der Waals surface area contributed by atoms with Crippen LogP contribution in [0, 0.1) is 17.8 Å². The summed E-state index contributed by atoms with van der Waals surface area (Å²) >= 11 is 0. The molecule has 1 aliphatic heterocycles. The van der Waals surface area contributed by atoms with Crippen molar-refractivity contribution in [3.8, 4) is 0 Å². The van der Waals surface area contributed by atoms with Gasteiger partial charge in [0.1, 0.15) is 5.78 Å². The number of ketones is 1. The average molecular weight is 197 g/mol. The van der Waals surface area contributed by atoms with Gasteiger partial charge in [0.05, 0.1) is 5.92 Å². The van der Waals surface area contributed by atoms with Gasteiger partial charge in [0, 0.05) is 18.4 Å². The number of aliphatic carboxylic acids is 1. The molecule has 3 atom stereocenters. The summed E-state index contributed by atoms with van der Waals surface area (Å²) < 4.78 is 0. The number of carbonyl (C=O) groups excluding carboxylic acids is 1. The fourth-order valence-electron chi connectivity index (χ4n) is 2.25. The summed E-state index contributed by atoms with van der Waals surface area (Å²) in [5, 5.41) is 8.70. The molecule has 1 aliphatic carbocycles. The van der Waals surface area contributed by atoms with Crippen molar-refractivity contribution in [2.45, 2.75) is 12.8 Å². The number of likely N-dealkylation sites (tertiary alicyclic amines) is 1. The molecule has 0 amide bonds. The van der Waals surface area contributed by atoms with Gasteiger partial charge in [-0.2, -0.15) is 0 Å². The van der Waals surface area contributed by atoms with Crippen molar-refractivity contribution in [2.75, 3.05) is 20.1 Å². The summed E-state index contributed by atoms with van der Waals surface area (Å²) in [6.07, 6.45) is 1.46. The van der Waals surface area contributed by atoms with Crippen molar-refractivity contribution in [1.29, 1.82) is 0 Å². The van der Waals surface area contributed by atoms with Gasteiger partial charge in [-0.05, 0) is 26.4 Å². The lowest BCUT2D eigenvalue weighted by atomic mass is 9.99. The van der Waals surface area contributed by atoms with Crippen LogP contribution in [0.15, 0.2) is 0 Å². The predicted octanol–water partition coefficient (Wildman–Crippen LogP) is 0.228. The van der Waals surface area contributed by atoms with Crippen LogP contribution < -0.4 is 0 Å². The minimum Gasteiger partial charge on any atom is -0.481 e. The molecule has 2 fully saturated rings. The zero-order valence-electron chi connectivity index (χ0n) is 8.27. The Morgan fingerprint density at radius 1 is 1.36 bits per heavy atom. The van der Waals surface area contributed by atoms with Crippen LogP contribution in [0.5, 0.6) is 0 Å². The fraction of sp³-hybridized carbons (Fsp3) is 0.800. The highest BCUT2D eigenvalue weighted by molar-refractivity contribution is 5.92. The molecule has 4 heteroatoms. The van der Waals surface area contributed by atoms with Gasteiger partial charge in [-0.25, -0.2) is 0 Å². The van der Waals surface area contributed by atoms with Crippen molar-refractivity contribution in [3.05, 3.63) is 0 Å². The van der Waals surface area contributed by atoms with E-state index in [-0.39, 0.29) is 23.5 Å². The summed E-state index contributed by atoms with van der Waals surface area (Å²) in [5.41, 5.74) is 0. The maximum absolute atomic E-state index is 11.8. The van der Waals surface area contributed by atoms with E-state index in [9.17, 15) is 9.59 Å². The lowest BCUT2D eigenvalue weighted by molar-refractivity contribution is -0.140. The van der Waals surface area contributed by atoms with Crippen LogP contribution in [0.3, 0.4) is 0 Å². The topological polar surface area (TPSA) is 57.6 Å². The Morgan fingerprint density at radius 3 is 2.50 bits per heavy atom. The van der Waals surface area contributed by atoms with Crippen LogP contribution in [-0.4, -0.2) is 41.9 Å². The van der Waals surface area contributed by atoms with E-state index in [0.717, 1.165) is 19.5 Å². The second-order valence-electron chi connectivity index (χ2n) is 4.44. The maximum atomic E-state index is 11.8. The Hall–Kier alpha value is -0.900. The second kappa shape index (κ2) is 3.35. The number of hydrogen-bond donors (Lipinski definition) is 1. The van der Waals surface area contributed by atoms with E-state index in [1.165, 1.54) is 0 Å². The van der Waals surface area contributed by atoms with Crippen molar-refractivity contribution >= 4 is 11.8 Å². The zero-order chi connectivity index (χ0) is 10.3. The molecule has 1 saturated heterocycles. The van der Waals surface area contributed by atoms with E-state index in [0.29, 0.717) is 6.42 Å². The smallest absolute Gasteiger partial charge is 0.307 e. The van der Waals surface area contributed by atoms with Crippen LogP contribution in [0.2, 0.25) is 0 Å². The molecule has 78 valence electrons. The van der Waals surface area contributed by atoms with E-state index in [1.54, 1.807) is 0 Å². The van der Waals surface area contributed by atoms with Gasteiger partial charge in [0.2, 0.25) is 0 Å². The van der Waals surface area contributed by atoms with Gasteiger partial charge < -0.3 is 10.0 Å². The van der Waals surface area contributed by atoms with Crippen LogP contribution in [-0.2, 0) is 9.59 Å². The van der Waals surface area contributed by atoms with Gasteiger partial charge in [0.25, 0.3) is 0 Å². The Morgan fingerprint density at radius 2 is 2.07 bits per heavy atom. The molecule has 0 aromatic carbocycles. The first-order chi connectivity index (χ1) is 6.59. The molecular weight excluding hydrogens is 182 g/mol. The van der Waals surface area contributed by atoms with Gasteiger partial charge >= 0.3 is 5.97 Å². The van der Waals surface area contributed by atoms with E-state index in [2.05, 4.69) is 4.90 Å². The maximum Gasteiger partial charge on any atom is 0.307 e. The number of hydrogen-bond acceptors (Lipinski definition) is 3. The van der Waals surface area contributed by atoms with Crippen LogP contribution >= 0.6 is 0 Å². The molecule has 0 spiro atoms. The fourth-order valence-corrected chi connectivity index (χ4v) is 2.25. The number of rotatable bonds is 3. The monoisotopic (exact) mass is 197 g/mol. The minimum atomic E-state index is -0.810. The highest BCUT2D eigenvalue weighted by Gasteiger charge is 2.50. The highest BCUT2D eigenvalue weighted by Crippen LogP contribution is 2.42. The Bertz CT molecular complexity index is 277. The van der Waals surface area contributed by atoms with Crippen LogP contribution in [0.25, 0.3) is 0 Å². The van der Waals surface area contributed by atoms with E-state index >= 15 is 0 Å². The molecule has 2 rings (SSSR count). The molecule has 1 saturated carbocycles. The molecule has 0 aromatic heterocycles. The molecule has 0 bridgehead atoms. The third-order valence-electron chi connectivity index (χ3n) is 3.27. The van der Waals surface area contributed by atoms with Crippen molar-refractivity contribution in [3.63, 3.8) is 0 Å². The van der Waals surface area contributed by atoms with Crippen molar-refractivity contribution in [1.82, 2.24) is 4.90 Å². The molecule has 3 unspecified atom stereocenters. The van der Waals surface area contributed by atoms with Crippen LogP contribution in [0.1, 0.15) is 12.8 Å². The predicted molar refractivity (Wildman–Crippen MR) is 49.8 cm³/mol. The van der Waals surface area contributed by atoms with Crippen LogP contribution in [0.4, 0.5) is 0 Å². The number of carbonyl (C=O) groups is 2.